The predicted octanol–water partition coefficient (Wildman–Crippen LogP) is 4.37. The quantitative estimate of drug-likeness (QED) is 0.788. The first-order chi connectivity index (χ1) is 12.3. The van der Waals surface area contributed by atoms with Crippen molar-refractivity contribution in [2.24, 2.45) is 0 Å². The van der Waals surface area contributed by atoms with Crippen molar-refractivity contribution in [1.29, 1.82) is 0 Å². The summed E-state index contributed by atoms with van der Waals surface area (Å²) in [5, 5.41) is 0.488. The molecular formula is C18H20Cl2N2O3S. The van der Waals surface area contributed by atoms with Crippen LogP contribution in [0.4, 0.5) is 0 Å². The van der Waals surface area contributed by atoms with Crippen molar-refractivity contribution in [3.63, 3.8) is 0 Å². The van der Waals surface area contributed by atoms with Gasteiger partial charge in [-0.1, -0.05) is 29.3 Å². The number of ether oxygens (including phenoxy) is 1. The number of aryl methyl sites for hydroxylation is 1. The van der Waals surface area contributed by atoms with Gasteiger partial charge in [0.15, 0.2) is 0 Å². The summed E-state index contributed by atoms with van der Waals surface area (Å²) >= 11 is 11.9. The molecule has 0 aliphatic heterocycles. The summed E-state index contributed by atoms with van der Waals surface area (Å²) in [6.07, 6.45) is 4.70. The van der Waals surface area contributed by atoms with Crippen molar-refractivity contribution >= 4 is 33.2 Å². The van der Waals surface area contributed by atoms with E-state index in [4.69, 9.17) is 27.9 Å². The molecule has 0 amide bonds. The Hall–Kier alpha value is -1.34. The van der Waals surface area contributed by atoms with E-state index in [0.717, 1.165) is 18.4 Å². The van der Waals surface area contributed by atoms with Crippen molar-refractivity contribution in [2.75, 3.05) is 0 Å². The molecule has 0 radical (unpaired) electrons. The minimum atomic E-state index is -3.71. The monoisotopic (exact) mass is 414 g/mol. The average Bonchev–Trinajstić information content (AvgIpc) is 2.60. The molecule has 2 aromatic rings. The molecule has 1 N–H and O–H groups in total. The van der Waals surface area contributed by atoms with E-state index in [1.165, 1.54) is 12.1 Å². The van der Waals surface area contributed by atoms with Crippen LogP contribution in [0.25, 0.3) is 0 Å². The van der Waals surface area contributed by atoms with Gasteiger partial charge in [0.1, 0.15) is 11.0 Å². The van der Waals surface area contributed by atoms with Crippen LogP contribution in [0.1, 0.15) is 31.2 Å². The molecule has 1 aliphatic carbocycles. The standard InChI is InChI=1S/C18H20Cl2N2O3S/c1-12-2-9-18(21-11-12)25-15-6-4-14(5-7-15)22-26(23,24)17-10-13(19)3-8-16(17)20/h2-3,8-11,14-15,22H,4-7H2,1H3. The number of nitrogens with zero attached hydrogens (tertiary/aromatic N) is 1. The number of rotatable bonds is 5. The molecule has 8 heteroatoms. The molecule has 5 nitrogen and oxygen atoms in total. The van der Waals surface area contributed by atoms with Gasteiger partial charge >= 0.3 is 0 Å². The van der Waals surface area contributed by atoms with Crippen LogP contribution in [0.3, 0.4) is 0 Å². The molecule has 3 rings (SSSR count). The zero-order valence-electron chi connectivity index (χ0n) is 14.3. The topological polar surface area (TPSA) is 68.3 Å². The van der Waals surface area contributed by atoms with Gasteiger partial charge in [-0.25, -0.2) is 18.1 Å². The minimum Gasteiger partial charge on any atom is -0.474 e. The molecule has 0 atom stereocenters. The first-order valence-electron chi connectivity index (χ1n) is 8.40. The lowest BCUT2D eigenvalue weighted by molar-refractivity contribution is 0.138. The maximum absolute atomic E-state index is 12.6. The second kappa shape index (κ2) is 8.13. The molecule has 1 fully saturated rings. The highest BCUT2D eigenvalue weighted by molar-refractivity contribution is 7.89. The van der Waals surface area contributed by atoms with Gasteiger partial charge in [0.05, 0.1) is 5.02 Å². The Morgan fingerprint density at radius 2 is 1.85 bits per heavy atom. The van der Waals surface area contributed by atoms with E-state index < -0.39 is 10.0 Å². The predicted molar refractivity (Wildman–Crippen MR) is 102 cm³/mol. The van der Waals surface area contributed by atoms with Gasteiger partial charge in [0, 0.05) is 23.3 Å². The number of benzene rings is 1. The van der Waals surface area contributed by atoms with Crippen molar-refractivity contribution in [1.82, 2.24) is 9.71 Å². The molecule has 0 spiro atoms. The van der Waals surface area contributed by atoms with Crippen LogP contribution >= 0.6 is 23.2 Å². The third kappa shape index (κ3) is 4.88. The number of aromatic nitrogens is 1. The highest BCUT2D eigenvalue weighted by Crippen LogP contribution is 2.28. The number of hydrogen-bond acceptors (Lipinski definition) is 4. The molecule has 26 heavy (non-hydrogen) atoms. The smallest absolute Gasteiger partial charge is 0.242 e. The van der Waals surface area contributed by atoms with E-state index in [0.29, 0.717) is 23.7 Å². The zero-order valence-corrected chi connectivity index (χ0v) is 16.6. The normalized spacial score (nSPS) is 20.7. The molecule has 1 aliphatic rings. The number of pyridine rings is 1. The second-order valence-electron chi connectivity index (χ2n) is 6.46. The largest absolute Gasteiger partial charge is 0.474 e. The Bertz CT molecular complexity index is 865. The molecule has 1 saturated carbocycles. The van der Waals surface area contributed by atoms with Crippen LogP contribution in [0.5, 0.6) is 5.88 Å². The highest BCUT2D eigenvalue weighted by Gasteiger charge is 2.28. The van der Waals surface area contributed by atoms with Gasteiger partial charge < -0.3 is 4.74 Å². The van der Waals surface area contributed by atoms with Crippen LogP contribution in [0.2, 0.25) is 10.0 Å². The summed E-state index contributed by atoms with van der Waals surface area (Å²) in [5.41, 5.74) is 1.08. The maximum Gasteiger partial charge on any atom is 0.242 e. The van der Waals surface area contributed by atoms with E-state index in [1.807, 2.05) is 19.1 Å². The summed E-state index contributed by atoms with van der Waals surface area (Å²) in [7, 11) is -3.71. The zero-order chi connectivity index (χ0) is 18.7. The van der Waals surface area contributed by atoms with E-state index in [1.54, 1.807) is 12.3 Å². The number of nitrogens with one attached hydrogen (secondary N) is 1. The molecule has 0 unspecified atom stereocenters. The summed E-state index contributed by atoms with van der Waals surface area (Å²) in [6.45, 7) is 1.97. The van der Waals surface area contributed by atoms with E-state index >= 15 is 0 Å². The van der Waals surface area contributed by atoms with E-state index in [2.05, 4.69) is 9.71 Å². The van der Waals surface area contributed by atoms with Gasteiger partial charge in [-0.3, -0.25) is 0 Å². The first-order valence-corrected chi connectivity index (χ1v) is 10.6. The van der Waals surface area contributed by atoms with Gasteiger partial charge in [-0.05, 0) is 56.4 Å². The summed E-state index contributed by atoms with van der Waals surface area (Å²) in [6, 6.07) is 8.06. The Morgan fingerprint density at radius 3 is 2.50 bits per heavy atom. The maximum atomic E-state index is 12.6. The van der Waals surface area contributed by atoms with Crippen LogP contribution in [0, 0.1) is 6.92 Å². The fraction of sp³-hybridized carbons (Fsp3) is 0.389. The molecule has 0 saturated heterocycles. The molecule has 0 bridgehead atoms. The molecule has 1 heterocycles. The van der Waals surface area contributed by atoms with E-state index in [9.17, 15) is 8.42 Å². The first kappa shape index (κ1) is 19.4. The fourth-order valence-corrected chi connectivity index (χ4v) is 5.03. The van der Waals surface area contributed by atoms with Crippen molar-refractivity contribution in [3.05, 3.63) is 52.1 Å². The van der Waals surface area contributed by atoms with Crippen molar-refractivity contribution in [3.8, 4) is 5.88 Å². The molecule has 140 valence electrons. The Kier molecular flexibility index (Phi) is 6.07. The van der Waals surface area contributed by atoms with Gasteiger partial charge in [-0.2, -0.15) is 0 Å². The molecule has 1 aromatic heterocycles. The lowest BCUT2D eigenvalue weighted by Gasteiger charge is -2.29. The highest BCUT2D eigenvalue weighted by atomic mass is 35.5. The van der Waals surface area contributed by atoms with Crippen LogP contribution in [0.15, 0.2) is 41.4 Å². The van der Waals surface area contributed by atoms with Crippen LogP contribution in [-0.2, 0) is 10.0 Å². The number of sulfonamides is 1. The SMILES string of the molecule is Cc1ccc(OC2CCC(NS(=O)(=O)c3cc(Cl)ccc3Cl)CC2)nc1. The van der Waals surface area contributed by atoms with Crippen LogP contribution in [-0.4, -0.2) is 25.5 Å². The fourth-order valence-electron chi connectivity index (χ4n) is 2.96. The lowest BCUT2D eigenvalue weighted by atomic mass is 9.94. The van der Waals surface area contributed by atoms with Crippen molar-refractivity contribution in [2.45, 2.75) is 49.6 Å². The lowest BCUT2D eigenvalue weighted by Crippen LogP contribution is -2.39. The van der Waals surface area contributed by atoms with Gasteiger partial charge in [0.25, 0.3) is 0 Å². The third-order valence-corrected chi connectivity index (χ3v) is 6.59. The second-order valence-corrected chi connectivity index (χ2v) is 8.99. The minimum absolute atomic E-state index is 0.00824. The van der Waals surface area contributed by atoms with Crippen molar-refractivity contribution < 1.29 is 13.2 Å². The van der Waals surface area contributed by atoms with E-state index in [-0.39, 0.29) is 22.1 Å². The third-order valence-electron chi connectivity index (χ3n) is 4.35. The number of hydrogen-bond donors (Lipinski definition) is 1. The number of halogens is 2. The van der Waals surface area contributed by atoms with Crippen LogP contribution < -0.4 is 9.46 Å². The Balaban J connectivity index is 1.58. The van der Waals surface area contributed by atoms with Gasteiger partial charge in [-0.15, -0.1) is 0 Å². The summed E-state index contributed by atoms with van der Waals surface area (Å²) < 4.78 is 33.8. The Labute approximate surface area is 163 Å². The Morgan fingerprint density at radius 1 is 1.12 bits per heavy atom. The molecule has 1 aromatic carbocycles. The summed E-state index contributed by atoms with van der Waals surface area (Å²) in [5.74, 6) is 0.602. The molecular weight excluding hydrogens is 395 g/mol. The summed E-state index contributed by atoms with van der Waals surface area (Å²) in [4.78, 5) is 4.26. The average molecular weight is 415 g/mol. The van der Waals surface area contributed by atoms with Gasteiger partial charge in [0.2, 0.25) is 15.9 Å².